The summed E-state index contributed by atoms with van der Waals surface area (Å²) >= 11 is 0. The Morgan fingerprint density at radius 3 is 2.52 bits per heavy atom. The lowest BCUT2D eigenvalue weighted by atomic mass is 10.3. The van der Waals surface area contributed by atoms with Gasteiger partial charge in [-0.25, -0.2) is 13.1 Å². The van der Waals surface area contributed by atoms with Crippen LogP contribution in [0.25, 0.3) is 0 Å². The van der Waals surface area contributed by atoms with Gasteiger partial charge < -0.3 is 10.3 Å². The zero-order valence-electron chi connectivity index (χ0n) is 12.0. The van der Waals surface area contributed by atoms with Crippen LogP contribution in [0.15, 0.2) is 23.1 Å². The molecular weight excluding hydrogens is 298 g/mol. The summed E-state index contributed by atoms with van der Waals surface area (Å²) in [5.74, 6) is 5.19. The maximum Gasteiger partial charge on any atom is 0.313 e. The van der Waals surface area contributed by atoms with Gasteiger partial charge in [0, 0.05) is 12.6 Å². The van der Waals surface area contributed by atoms with Gasteiger partial charge in [-0.15, -0.1) is 0 Å². The van der Waals surface area contributed by atoms with Crippen molar-refractivity contribution in [3.8, 4) is 0 Å². The second kappa shape index (κ2) is 6.80. The Morgan fingerprint density at radius 1 is 1.43 bits per heavy atom. The van der Waals surface area contributed by atoms with Crippen LogP contribution in [0.3, 0.4) is 0 Å². The summed E-state index contributed by atoms with van der Waals surface area (Å²) in [6.45, 7) is 2.14. The number of nitro groups is 1. The SMILES string of the molecule is CC(CN(C)C)NS(=O)(=O)c1cccc(NN)c1[N+](=O)[O-]. The fourth-order valence-corrected chi connectivity index (χ4v) is 3.39. The van der Waals surface area contributed by atoms with E-state index < -0.39 is 31.6 Å². The number of hydrogen-bond acceptors (Lipinski definition) is 7. The lowest BCUT2D eigenvalue weighted by molar-refractivity contribution is -0.386. The topological polar surface area (TPSA) is 131 Å². The minimum Gasteiger partial charge on any atom is -0.318 e. The van der Waals surface area contributed by atoms with Gasteiger partial charge in [-0.3, -0.25) is 16.0 Å². The predicted molar refractivity (Wildman–Crippen MR) is 79.2 cm³/mol. The van der Waals surface area contributed by atoms with Crippen molar-refractivity contribution < 1.29 is 13.3 Å². The van der Waals surface area contributed by atoms with Gasteiger partial charge in [-0.1, -0.05) is 6.07 Å². The number of likely N-dealkylation sites (N-methyl/N-ethyl adjacent to an activating group) is 1. The van der Waals surface area contributed by atoms with Gasteiger partial charge >= 0.3 is 5.69 Å². The van der Waals surface area contributed by atoms with E-state index in [2.05, 4.69) is 10.1 Å². The van der Waals surface area contributed by atoms with E-state index in [1.807, 2.05) is 0 Å². The highest BCUT2D eigenvalue weighted by Gasteiger charge is 2.29. The van der Waals surface area contributed by atoms with Gasteiger partial charge in [0.25, 0.3) is 0 Å². The second-order valence-corrected chi connectivity index (χ2v) is 6.52. The summed E-state index contributed by atoms with van der Waals surface area (Å²) in [6, 6.07) is 3.48. The molecule has 0 fully saturated rings. The Bertz CT molecular complexity index is 617. The molecule has 0 amide bonds. The third kappa shape index (κ3) is 4.36. The Hall–Kier alpha value is -1.75. The number of nitrogens with two attached hydrogens (primary N) is 1. The quantitative estimate of drug-likeness (QED) is 0.369. The molecule has 0 aromatic heterocycles. The zero-order chi connectivity index (χ0) is 16.2. The minimum atomic E-state index is -4.03. The third-order valence-electron chi connectivity index (χ3n) is 2.62. The van der Waals surface area contributed by atoms with Crippen LogP contribution in [0.2, 0.25) is 0 Å². The maximum absolute atomic E-state index is 12.3. The van der Waals surface area contributed by atoms with Crippen LogP contribution in [-0.4, -0.2) is 44.9 Å². The van der Waals surface area contributed by atoms with E-state index in [9.17, 15) is 18.5 Å². The molecule has 10 heteroatoms. The van der Waals surface area contributed by atoms with E-state index in [0.717, 1.165) is 0 Å². The highest BCUT2D eigenvalue weighted by Crippen LogP contribution is 2.31. The Balaban J connectivity index is 3.23. The molecule has 0 aliphatic carbocycles. The number of nitrogens with zero attached hydrogens (tertiary/aromatic N) is 2. The predicted octanol–water partition coefficient (Wildman–Crippen LogP) is 0.109. The van der Waals surface area contributed by atoms with Crippen LogP contribution in [-0.2, 0) is 10.0 Å². The number of nitrogens with one attached hydrogen (secondary N) is 2. The monoisotopic (exact) mass is 317 g/mol. The van der Waals surface area contributed by atoms with E-state index in [1.165, 1.54) is 18.2 Å². The van der Waals surface area contributed by atoms with E-state index in [1.54, 1.807) is 25.9 Å². The molecule has 0 spiro atoms. The molecule has 0 saturated heterocycles. The van der Waals surface area contributed by atoms with Crippen molar-refractivity contribution in [3.63, 3.8) is 0 Å². The molecule has 0 aliphatic heterocycles. The summed E-state index contributed by atoms with van der Waals surface area (Å²) in [7, 11) is -0.432. The molecule has 4 N–H and O–H groups in total. The van der Waals surface area contributed by atoms with Crippen LogP contribution in [0, 0.1) is 10.1 Å². The lowest BCUT2D eigenvalue weighted by Gasteiger charge is -2.18. The van der Waals surface area contributed by atoms with Gasteiger partial charge in [-0.05, 0) is 33.2 Å². The van der Waals surface area contributed by atoms with Crippen molar-refractivity contribution in [2.24, 2.45) is 5.84 Å². The molecule has 0 aliphatic rings. The summed E-state index contributed by atoms with van der Waals surface area (Å²) in [6.07, 6.45) is 0. The van der Waals surface area contributed by atoms with Gasteiger partial charge in [0.05, 0.1) is 4.92 Å². The number of benzene rings is 1. The summed E-state index contributed by atoms with van der Waals surface area (Å²) < 4.78 is 27.0. The Labute approximate surface area is 123 Å². The second-order valence-electron chi connectivity index (χ2n) is 4.84. The summed E-state index contributed by atoms with van der Waals surface area (Å²) in [5.41, 5.74) is 1.49. The van der Waals surface area contributed by atoms with E-state index in [-0.39, 0.29) is 5.69 Å². The Kier molecular flexibility index (Phi) is 5.61. The van der Waals surface area contributed by atoms with Crippen molar-refractivity contribution in [3.05, 3.63) is 28.3 Å². The van der Waals surface area contributed by atoms with Crippen LogP contribution in [0.1, 0.15) is 6.92 Å². The molecule has 1 unspecified atom stereocenters. The molecule has 1 atom stereocenters. The zero-order valence-corrected chi connectivity index (χ0v) is 12.8. The molecular formula is C11H19N5O4S. The largest absolute Gasteiger partial charge is 0.318 e. The van der Waals surface area contributed by atoms with Crippen LogP contribution in [0.4, 0.5) is 11.4 Å². The number of nitro benzene ring substituents is 1. The third-order valence-corrected chi connectivity index (χ3v) is 4.24. The Morgan fingerprint density at radius 2 is 2.05 bits per heavy atom. The number of hydrazine groups is 1. The van der Waals surface area contributed by atoms with Crippen molar-refractivity contribution >= 4 is 21.4 Å². The van der Waals surface area contributed by atoms with Crippen molar-refractivity contribution in [1.82, 2.24) is 9.62 Å². The molecule has 1 aromatic rings. The maximum atomic E-state index is 12.3. The molecule has 9 nitrogen and oxygen atoms in total. The molecule has 0 radical (unpaired) electrons. The number of sulfonamides is 1. The first-order valence-electron chi connectivity index (χ1n) is 6.10. The normalized spacial score (nSPS) is 13.2. The van der Waals surface area contributed by atoms with Crippen LogP contribution in [0.5, 0.6) is 0 Å². The van der Waals surface area contributed by atoms with Crippen molar-refractivity contribution in [2.45, 2.75) is 17.9 Å². The standard InChI is InChI=1S/C11H19N5O4S/c1-8(7-15(2)3)14-21(19,20)10-6-4-5-9(13-12)11(10)16(17)18/h4-6,8,13-14H,7,12H2,1-3H3. The number of rotatable bonds is 7. The van der Waals surface area contributed by atoms with Crippen molar-refractivity contribution in [2.75, 3.05) is 26.1 Å². The highest BCUT2D eigenvalue weighted by molar-refractivity contribution is 7.89. The first-order chi connectivity index (χ1) is 9.69. The smallest absolute Gasteiger partial charge is 0.313 e. The van der Waals surface area contributed by atoms with Gasteiger partial charge in [0.1, 0.15) is 5.69 Å². The minimum absolute atomic E-state index is 0.0665. The summed E-state index contributed by atoms with van der Waals surface area (Å²) in [4.78, 5) is 11.7. The van der Waals surface area contributed by atoms with Crippen LogP contribution >= 0.6 is 0 Å². The number of hydrogen-bond donors (Lipinski definition) is 3. The number of para-hydroxylation sites is 1. The molecule has 21 heavy (non-hydrogen) atoms. The van der Waals surface area contributed by atoms with E-state index >= 15 is 0 Å². The van der Waals surface area contributed by atoms with Gasteiger partial charge in [0.15, 0.2) is 4.90 Å². The van der Waals surface area contributed by atoms with Crippen molar-refractivity contribution in [1.29, 1.82) is 0 Å². The number of nitrogen functional groups attached to an aromatic ring is 1. The molecule has 1 aromatic carbocycles. The fraction of sp³-hybridized carbons (Fsp3) is 0.455. The van der Waals surface area contributed by atoms with Crippen LogP contribution < -0.4 is 16.0 Å². The van der Waals surface area contributed by atoms with E-state index in [4.69, 9.17) is 5.84 Å². The highest BCUT2D eigenvalue weighted by atomic mass is 32.2. The average Bonchev–Trinajstić information content (AvgIpc) is 2.35. The first kappa shape index (κ1) is 17.3. The fourth-order valence-electron chi connectivity index (χ4n) is 1.96. The molecule has 0 bridgehead atoms. The lowest BCUT2D eigenvalue weighted by Crippen LogP contribution is -2.39. The molecule has 1 rings (SSSR count). The summed E-state index contributed by atoms with van der Waals surface area (Å²) in [5, 5.41) is 11.1. The first-order valence-corrected chi connectivity index (χ1v) is 7.58. The molecule has 0 saturated carbocycles. The average molecular weight is 317 g/mol. The molecule has 118 valence electrons. The van der Waals surface area contributed by atoms with E-state index in [0.29, 0.717) is 6.54 Å². The molecule has 0 heterocycles. The van der Waals surface area contributed by atoms with Gasteiger partial charge in [0.2, 0.25) is 10.0 Å². The number of anilines is 1. The van der Waals surface area contributed by atoms with Gasteiger partial charge in [-0.2, -0.15) is 0 Å².